The zero-order valence-electron chi connectivity index (χ0n) is 13.5. The van der Waals surface area contributed by atoms with Crippen LogP contribution in [0.1, 0.15) is 42.9 Å². The maximum absolute atomic E-state index is 13.1. The molecule has 2 aromatic rings. The number of aromatic nitrogens is 1. The predicted molar refractivity (Wildman–Crippen MR) is 86.1 cm³/mol. The lowest BCUT2D eigenvalue weighted by Gasteiger charge is -2.21. The lowest BCUT2D eigenvalue weighted by molar-refractivity contribution is 0.329. The van der Waals surface area contributed by atoms with E-state index in [1.807, 2.05) is 18.2 Å². The van der Waals surface area contributed by atoms with Crippen LogP contribution in [-0.2, 0) is 6.42 Å². The van der Waals surface area contributed by atoms with E-state index in [9.17, 15) is 4.39 Å². The van der Waals surface area contributed by atoms with Crippen LogP contribution in [0.2, 0.25) is 0 Å². The van der Waals surface area contributed by atoms with Crippen LogP contribution >= 0.6 is 0 Å². The SMILES string of the molecule is CCc1cc(C(C)NCC2CNNC2c2ccc(F)cc2)on1. The number of rotatable bonds is 6. The molecule has 1 aromatic carbocycles. The van der Waals surface area contributed by atoms with Crippen LogP contribution in [0.4, 0.5) is 4.39 Å². The fraction of sp³-hybridized carbons (Fsp3) is 0.471. The number of nitrogens with one attached hydrogen (secondary N) is 3. The van der Waals surface area contributed by atoms with E-state index < -0.39 is 0 Å². The number of hydrazine groups is 1. The van der Waals surface area contributed by atoms with Crippen LogP contribution in [0.15, 0.2) is 34.9 Å². The molecule has 0 bridgehead atoms. The Hall–Kier alpha value is -1.76. The summed E-state index contributed by atoms with van der Waals surface area (Å²) in [5.41, 5.74) is 8.52. The fourth-order valence-electron chi connectivity index (χ4n) is 2.88. The third-order valence-electron chi connectivity index (χ3n) is 4.37. The summed E-state index contributed by atoms with van der Waals surface area (Å²) in [6, 6.07) is 8.95. The third kappa shape index (κ3) is 3.77. The molecule has 23 heavy (non-hydrogen) atoms. The van der Waals surface area contributed by atoms with Crippen molar-refractivity contribution in [3.05, 3.63) is 53.2 Å². The number of halogens is 1. The van der Waals surface area contributed by atoms with Crippen LogP contribution in [0.3, 0.4) is 0 Å². The first kappa shape index (κ1) is 16.1. The first-order valence-corrected chi connectivity index (χ1v) is 8.10. The van der Waals surface area contributed by atoms with Crippen LogP contribution < -0.4 is 16.2 Å². The molecule has 1 aromatic heterocycles. The van der Waals surface area contributed by atoms with Gasteiger partial charge in [0.05, 0.1) is 17.8 Å². The minimum atomic E-state index is -0.208. The number of hydrogen-bond acceptors (Lipinski definition) is 5. The number of nitrogens with zero attached hydrogens (tertiary/aromatic N) is 1. The van der Waals surface area contributed by atoms with E-state index in [-0.39, 0.29) is 17.9 Å². The van der Waals surface area contributed by atoms with Gasteiger partial charge in [0, 0.05) is 25.1 Å². The predicted octanol–water partition coefficient (Wildman–Crippen LogP) is 2.49. The summed E-state index contributed by atoms with van der Waals surface area (Å²) >= 11 is 0. The molecule has 1 saturated heterocycles. The van der Waals surface area contributed by atoms with Crippen molar-refractivity contribution in [2.24, 2.45) is 5.92 Å². The zero-order chi connectivity index (χ0) is 16.2. The van der Waals surface area contributed by atoms with E-state index in [1.165, 1.54) is 12.1 Å². The number of benzene rings is 1. The summed E-state index contributed by atoms with van der Waals surface area (Å²) in [4.78, 5) is 0. The molecule has 1 aliphatic heterocycles. The number of aryl methyl sites for hydroxylation is 1. The molecule has 6 heteroatoms. The molecule has 1 fully saturated rings. The highest BCUT2D eigenvalue weighted by Crippen LogP contribution is 2.25. The molecule has 0 aliphatic carbocycles. The largest absolute Gasteiger partial charge is 0.359 e. The molecule has 124 valence electrons. The van der Waals surface area contributed by atoms with Gasteiger partial charge in [0.1, 0.15) is 5.82 Å². The smallest absolute Gasteiger partial charge is 0.153 e. The standard InChI is InChI=1S/C17H23FN4O/c1-3-15-8-16(23-22-15)11(2)19-9-13-10-20-21-17(13)12-4-6-14(18)7-5-12/h4-8,11,13,17,19-21H,3,9-10H2,1-2H3. The Morgan fingerprint density at radius 3 is 2.87 bits per heavy atom. The quantitative estimate of drug-likeness (QED) is 0.764. The molecule has 2 heterocycles. The maximum atomic E-state index is 13.1. The molecular formula is C17H23FN4O. The first-order chi connectivity index (χ1) is 11.2. The highest BCUT2D eigenvalue weighted by molar-refractivity contribution is 5.21. The van der Waals surface area contributed by atoms with Crippen molar-refractivity contribution in [2.45, 2.75) is 32.4 Å². The molecule has 5 nitrogen and oxygen atoms in total. The second kappa shape index (κ2) is 7.21. The van der Waals surface area contributed by atoms with Gasteiger partial charge in [-0.05, 0) is 31.0 Å². The molecule has 0 amide bonds. The van der Waals surface area contributed by atoms with Crippen molar-refractivity contribution < 1.29 is 8.91 Å². The summed E-state index contributed by atoms with van der Waals surface area (Å²) in [5.74, 6) is 1.02. The molecule has 0 spiro atoms. The molecule has 3 unspecified atom stereocenters. The topological polar surface area (TPSA) is 62.1 Å². The highest BCUT2D eigenvalue weighted by Gasteiger charge is 2.28. The Kier molecular flexibility index (Phi) is 5.05. The molecular weight excluding hydrogens is 295 g/mol. The van der Waals surface area contributed by atoms with Crippen molar-refractivity contribution in [2.75, 3.05) is 13.1 Å². The minimum Gasteiger partial charge on any atom is -0.359 e. The van der Waals surface area contributed by atoms with E-state index in [0.29, 0.717) is 5.92 Å². The van der Waals surface area contributed by atoms with Crippen molar-refractivity contribution in [1.82, 2.24) is 21.3 Å². The molecule has 3 atom stereocenters. The van der Waals surface area contributed by atoms with E-state index >= 15 is 0 Å². The van der Waals surface area contributed by atoms with Gasteiger partial charge in [-0.25, -0.2) is 9.82 Å². The third-order valence-corrected chi connectivity index (χ3v) is 4.37. The molecule has 3 rings (SSSR count). The Bertz CT molecular complexity index is 628. The molecule has 3 N–H and O–H groups in total. The van der Waals surface area contributed by atoms with E-state index in [4.69, 9.17) is 4.52 Å². The summed E-state index contributed by atoms with van der Waals surface area (Å²) in [5, 5.41) is 7.53. The van der Waals surface area contributed by atoms with Crippen molar-refractivity contribution in [1.29, 1.82) is 0 Å². The second-order valence-electron chi connectivity index (χ2n) is 6.02. The Labute approximate surface area is 135 Å². The van der Waals surface area contributed by atoms with Crippen LogP contribution in [-0.4, -0.2) is 18.2 Å². The maximum Gasteiger partial charge on any atom is 0.153 e. The van der Waals surface area contributed by atoms with E-state index in [0.717, 1.165) is 36.5 Å². The number of hydrogen-bond donors (Lipinski definition) is 3. The van der Waals surface area contributed by atoms with Gasteiger partial charge in [0.25, 0.3) is 0 Å². The van der Waals surface area contributed by atoms with E-state index in [2.05, 4.69) is 35.2 Å². The monoisotopic (exact) mass is 318 g/mol. The van der Waals surface area contributed by atoms with Gasteiger partial charge in [-0.2, -0.15) is 0 Å². The van der Waals surface area contributed by atoms with Crippen LogP contribution in [0, 0.1) is 11.7 Å². The van der Waals surface area contributed by atoms with Gasteiger partial charge in [0.15, 0.2) is 5.76 Å². The zero-order valence-corrected chi connectivity index (χ0v) is 13.5. The van der Waals surface area contributed by atoms with Gasteiger partial charge in [-0.3, -0.25) is 5.43 Å². The Morgan fingerprint density at radius 2 is 2.17 bits per heavy atom. The van der Waals surface area contributed by atoms with Gasteiger partial charge in [-0.1, -0.05) is 24.2 Å². The molecule has 1 aliphatic rings. The highest BCUT2D eigenvalue weighted by atomic mass is 19.1. The second-order valence-corrected chi connectivity index (χ2v) is 6.02. The lowest BCUT2D eigenvalue weighted by atomic mass is 9.94. The summed E-state index contributed by atoms with van der Waals surface area (Å²) in [6.07, 6.45) is 0.874. The van der Waals surface area contributed by atoms with Crippen molar-refractivity contribution in [3.63, 3.8) is 0 Å². The summed E-state index contributed by atoms with van der Waals surface area (Å²) in [7, 11) is 0. The van der Waals surface area contributed by atoms with Crippen molar-refractivity contribution in [3.8, 4) is 0 Å². The van der Waals surface area contributed by atoms with Gasteiger partial charge in [0.2, 0.25) is 0 Å². The van der Waals surface area contributed by atoms with Gasteiger partial charge < -0.3 is 9.84 Å². The summed E-state index contributed by atoms with van der Waals surface area (Å²) < 4.78 is 18.5. The average molecular weight is 318 g/mol. The summed E-state index contributed by atoms with van der Waals surface area (Å²) in [6.45, 7) is 5.81. The molecule has 0 radical (unpaired) electrons. The van der Waals surface area contributed by atoms with Crippen molar-refractivity contribution >= 4 is 0 Å². The normalized spacial score (nSPS) is 22.4. The van der Waals surface area contributed by atoms with E-state index in [1.54, 1.807) is 0 Å². The minimum absolute atomic E-state index is 0.109. The Morgan fingerprint density at radius 1 is 1.39 bits per heavy atom. The van der Waals surface area contributed by atoms with Gasteiger partial charge >= 0.3 is 0 Å². The fourth-order valence-corrected chi connectivity index (χ4v) is 2.88. The molecule has 0 saturated carbocycles. The lowest BCUT2D eigenvalue weighted by Crippen LogP contribution is -2.30. The van der Waals surface area contributed by atoms with Crippen LogP contribution in [0.5, 0.6) is 0 Å². The van der Waals surface area contributed by atoms with Crippen LogP contribution in [0.25, 0.3) is 0 Å². The van der Waals surface area contributed by atoms with Gasteiger partial charge in [-0.15, -0.1) is 0 Å². The average Bonchev–Trinajstić information content (AvgIpc) is 3.22. The first-order valence-electron chi connectivity index (χ1n) is 8.10. The Balaban J connectivity index is 1.59.